The van der Waals surface area contributed by atoms with Gasteiger partial charge in [0.15, 0.2) is 0 Å². The second-order valence-corrected chi connectivity index (χ2v) is 4.38. The Morgan fingerprint density at radius 1 is 1.12 bits per heavy atom. The third-order valence-electron chi connectivity index (χ3n) is 3.33. The molecule has 0 heterocycles. The Morgan fingerprint density at radius 2 is 1.69 bits per heavy atom. The Labute approximate surface area is 106 Å². The van der Waals surface area contributed by atoms with Crippen LogP contribution in [0.4, 0.5) is 0 Å². The summed E-state index contributed by atoms with van der Waals surface area (Å²) in [6.07, 6.45) is 3.57. The van der Waals surface area contributed by atoms with Crippen LogP contribution in [0.15, 0.2) is 24.3 Å². The Bertz CT molecular complexity index is 295. The van der Waals surface area contributed by atoms with Crippen LogP contribution in [0.2, 0.25) is 0 Å². The number of nitrogens with two attached hydrogens (primary N) is 1. The molecule has 1 rings (SSSR count). The minimum absolute atomic E-state index is 0. The maximum absolute atomic E-state index is 6.25. The zero-order valence-corrected chi connectivity index (χ0v) is 11.4. The van der Waals surface area contributed by atoms with Gasteiger partial charge in [-0.25, -0.2) is 0 Å². The summed E-state index contributed by atoms with van der Waals surface area (Å²) >= 11 is 0. The molecule has 0 saturated carbocycles. The molecule has 92 valence electrons. The van der Waals surface area contributed by atoms with Gasteiger partial charge >= 0.3 is 0 Å². The van der Waals surface area contributed by atoms with Crippen LogP contribution in [-0.2, 0) is 0 Å². The van der Waals surface area contributed by atoms with Gasteiger partial charge in [-0.15, -0.1) is 12.4 Å². The molecule has 2 heteroatoms. The van der Waals surface area contributed by atoms with Gasteiger partial charge in [0.2, 0.25) is 0 Å². The quantitative estimate of drug-likeness (QED) is 0.820. The van der Waals surface area contributed by atoms with Gasteiger partial charge in [-0.3, -0.25) is 0 Å². The summed E-state index contributed by atoms with van der Waals surface area (Å²) in [6, 6.07) is 8.65. The van der Waals surface area contributed by atoms with Crippen molar-refractivity contribution >= 4 is 12.4 Å². The molecule has 0 saturated heterocycles. The minimum Gasteiger partial charge on any atom is -0.324 e. The largest absolute Gasteiger partial charge is 0.324 e. The Kier molecular flexibility index (Phi) is 7.44. The lowest BCUT2D eigenvalue weighted by Crippen LogP contribution is -2.15. The van der Waals surface area contributed by atoms with Crippen LogP contribution in [0.5, 0.6) is 0 Å². The molecule has 0 amide bonds. The first-order chi connectivity index (χ1) is 7.19. The van der Waals surface area contributed by atoms with E-state index in [1.165, 1.54) is 24.0 Å². The Balaban J connectivity index is 0.00000225. The molecule has 1 unspecified atom stereocenters. The van der Waals surface area contributed by atoms with E-state index < -0.39 is 0 Å². The SMILES string of the molecule is CCC(CC)CC(N)c1ccccc1C.Cl. The van der Waals surface area contributed by atoms with Crippen molar-refractivity contribution in [3.63, 3.8) is 0 Å². The van der Waals surface area contributed by atoms with E-state index in [0.29, 0.717) is 0 Å². The normalized spacial score (nSPS) is 12.3. The second-order valence-electron chi connectivity index (χ2n) is 4.38. The molecule has 0 aliphatic carbocycles. The molecular weight excluding hydrogens is 218 g/mol. The molecule has 16 heavy (non-hydrogen) atoms. The molecule has 1 aromatic rings. The fraction of sp³-hybridized carbons (Fsp3) is 0.571. The number of aryl methyl sites for hydroxylation is 1. The van der Waals surface area contributed by atoms with Crippen molar-refractivity contribution in [2.45, 2.75) is 46.1 Å². The predicted octanol–water partition coefficient (Wildman–Crippen LogP) is 4.24. The Morgan fingerprint density at radius 3 is 2.19 bits per heavy atom. The third kappa shape index (κ3) is 4.15. The molecule has 0 aliphatic rings. The fourth-order valence-electron chi connectivity index (χ4n) is 2.11. The standard InChI is InChI=1S/C14H23N.ClH/c1-4-12(5-2)10-14(15)13-9-7-6-8-11(13)3;/h6-9,12,14H,4-5,10,15H2,1-3H3;1H. The van der Waals surface area contributed by atoms with Crippen molar-refractivity contribution in [1.82, 2.24) is 0 Å². The van der Waals surface area contributed by atoms with Crippen LogP contribution in [0.1, 0.15) is 50.3 Å². The average Bonchev–Trinajstić information content (AvgIpc) is 2.26. The number of rotatable bonds is 5. The average molecular weight is 242 g/mol. The van der Waals surface area contributed by atoms with E-state index in [1.54, 1.807) is 0 Å². The smallest absolute Gasteiger partial charge is 0.0300 e. The lowest BCUT2D eigenvalue weighted by Gasteiger charge is -2.20. The number of hydrogen-bond acceptors (Lipinski definition) is 1. The zero-order chi connectivity index (χ0) is 11.3. The number of benzene rings is 1. The van der Waals surface area contributed by atoms with Crippen LogP contribution < -0.4 is 5.73 Å². The maximum atomic E-state index is 6.25. The molecule has 0 spiro atoms. The summed E-state index contributed by atoms with van der Waals surface area (Å²) in [5.74, 6) is 0.764. The van der Waals surface area contributed by atoms with Crippen molar-refractivity contribution in [3.05, 3.63) is 35.4 Å². The van der Waals surface area contributed by atoms with Gasteiger partial charge in [-0.1, -0.05) is 51.0 Å². The van der Waals surface area contributed by atoms with Gasteiger partial charge in [0.1, 0.15) is 0 Å². The van der Waals surface area contributed by atoms with Crippen LogP contribution in [0.25, 0.3) is 0 Å². The van der Waals surface area contributed by atoms with Gasteiger partial charge in [-0.2, -0.15) is 0 Å². The van der Waals surface area contributed by atoms with Crippen molar-refractivity contribution in [2.75, 3.05) is 0 Å². The van der Waals surface area contributed by atoms with E-state index in [9.17, 15) is 0 Å². The van der Waals surface area contributed by atoms with Gasteiger partial charge in [0.05, 0.1) is 0 Å². The van der Waals surface area contributed by atoms with E-state index >= 15 is 0 Å². The first kappa shape index (κ1) is 15.5. The monoisotopic (exact) mass is 241 g/mol. The molecule has 1 atom stereocenters. The van der Waals surface area contributed by atoms with E-state index in [-0.39, 0.29) is 18.4 Å². The van der Waals surface area contributed by atoms with Crippen molar-refractivity contribution in [2.24, 2.45) is 11.7 Å². The van der Waals surface area contributed by atoms with Gasteiger partial charge in [0.25, 0.3) is 0 Å². The summed E-state index contributed by atoms with van der Waals surface area (Å²) in [7, 11) is 0. The molecule has 0 fully saturated rings. The third-order valence-corrected chi connectivity index (χ3v) is 3.33. The Hall–Kier alpha value is -0.530. The molecule has 0 aromatic heterocycles. The van der Waals surface area contributed by atoms with E-state index in [1.807, 2.05) is 0 Å². The lowest BCUT2D eigenvalue weighted by molar-refractivity contribution is 0.414. The summed E-state index contributed by atoms with van der Waals surface area (Å²) in [4.78, 5) is 0. The zero-order valence-electron chi connectivity index (χ0n) is 10.6. The van der Waals surface area contributed by atoms with Crippen LogP contribution >= 0.6 is 12.4 Å². The molecule has 1 nitrogen and oxygen atoms in total. The van der Waals surface area contributed by atoms with Crippen molar-refractivity contribution in [3.8, 4) is 0 Å². The maximum Gasteiger partial charge on any atom is 0.0300 e. The molecule has 0 radical (unpaired) electrons. The van der Waals surface area contributed by atoms with Crippen LogP contribution in [0.3, 0.4) is 0 Å². The second kappa shape index (κ2) is 7.70. The van der Waals surface area contributed by atoms with Gasteiger partial charge in [0, 0.05) is 6.04 Å². The molecule has 2 N–H and O–H groups in total. The van der Waals surface area contributed by atoms with E-state index in [4.69, 9.17) is 5.73 Å². The molecule has 0 aliphatic heterocycles. The van der Waals surface area contributed by atoms with Crippen molar-refractivity contribution in [1.29, 1.82) is 0 Å². The van der Waals surface area contributed by atoms with Gasteiger partial charge in [-0.05, 0) is 30.4 Å². The van der Waals surface area contributed by atoms with Crippen LogP contribution in [-0.4, -0.2) is 0 Å². The first-order valence-electron chi connectivity index (χ1n) is 6.00. The van der Waals surface area contributed by atoms with Gasteiger partial charge < -0.3 is 5.73 Å². The van der Waals surface area contributed by atoms with E-state index in [0.717, 1.165) is 12.3 Å². The summed E-state index contributed by atoms with van der Waals surface area (Å²) in [5.41, 5.74) is 8.87. The number of halogens is 1. The summed E-state index contributed by atoms with van der Waals surface area (Å²) in [6.45, 7) is 6.64. The predicted molar refractivity (Wildman–Crippen MR) is 74.0 cm³/mol. The molecule has 0 bridgehead atoms. The fourth-order valence-corrected chi connectivity index (χ4v) is 2.11. The highest BCUT2D eigenvalue weighted by Crippen LogP contribution is 2.25. The highest BCUT2D eigenvalue weighted by Gasteiger charge is 2.13. The topological polar surface area (TPSA) is 26.0 Å². The molecule has 1 aromatic carbocycles. The summed E-state index contributed by atoms with van der Waals surface area (Å²) < 4.78 is 0. The molecular formula is C14H24ClN. The highest BCUT2D eigenvalue weighted by atomic mass is 35.5. The lowest BCUT2D eigenvalue weighted by atomic mass is 9.90. The van der Waals surface area contributed by atoms with E-state index in [2.05, 4.69) is 45.0 Å². The number of hydrogen-bond donors (Lipinski definition) is 1. The van der Waals surface area contributed by atoms with Crippen LogP contribution in [0, 0.1) is 12.8 Å². The minimum atomic E-state index is 0. The highest BCUT2D eigenvalue weighted by molar-refractivity contribution is 5.85. The van der Waals surface area contributed by atoms with Crippen molar-refractivity contribution < 1.29 is 0 Å². The first-order valence-corrected chi connectivity index (χ1v) is 6.00. The summed E-state index contributed by atoms with van der Waals surface area (Å²) in [5, 5.41) is 0.